The predicted octanol–water partition coefficient (Wildman–Crippen LogP) is 4.09. The molecule has 0 atom stereocenters. The Kier molecular flexibility index (Phi) is 4.33. The third-order valence-corrected chi connectivity index (χ3v) is 3.04. The largest absolute Gasteiger partial charge is 0.344 e. The van der Waals surface area contributed by atoms with Gasteiger partial charge in [0.05, 0.1) is 22.8 Å². The Morgan fingerprint density at radius 2 is 2.29 bits per heavy atom. The van der Waals surface area contributed by atoms with Crippen LogP contribution < -0.4 is 5.32 Å². The number of allylic oxidation sites excluding steroid dienone is 3. The summed E-state index contributed by atoms with van der Waals surface area (Å²) in [5.41, 5.74) is 4.28. The standard InChI is InChI=1S/C16H19N5/c1-6-8-9-12(4)19-20-16-17-13(5)15-14(18-16)11(3)10-21(15)7-2/h6,8-10H,1,4-5,7H2,2-3H3,(H,17,18)/b9-8-,20-19+. The number of nitrogens with zero attached hydrogens (tertiary/aromatic N) is 4. The Morgan fingerprint density at radius 1 is 1.52 bits per heavy atom. The monoisotopic (exact) mass is 281 g/mol. The minimum absolute atomic E-state index is 0.414. The lowest BCUT2D eigenvalue weighted by atomic mass is 10.2. The molecule has 108 valence electrons. The normalized spacial score (nSPS) is 14.2. The highest BCUT2D eigenvalue weighted by Gasteiger charge is 2.21. The van der Waals surface area contributed by atoms with Crippen LogP contribution in [0.4, 0.5) is 5.69 Å². The SMILES string of the molecule is C=C/C=C\C(=C)/N=N/C1=Nc2c(C)cn(CC)c2C(=C)N1. The maximum atomic E-state index is 4.49. The molecule has 0 radical (unpaired) electrons. The van der Waals surface area contributed by atoms with E-state index in [1.54, 1.807) is 18.2 Å². The number of azo groups is 1. The Labute approximate surface area is 124 Å². The van der Waals surface area contributed by atoms with E-state index in [1.807, 2.05) is 6.92 Å². The summed E-state index contributed by atoms with van der Waals surface area (Å²) in [4.78, 5) is 4.49. The maximum absolute atomic E-state index is 4.49. The van der Waals surface area contributed by atoms with Gasteiger partial charge in [-0.25, -0.2) is 4.99 Å². The van der Waals surface area contributed by atoms with E-state index in [2.05, 4.69) is 58.0 Å². The predicted molar refractivity (Wildman–Crippen MR) is 87.4 cm³/mol. The molecular formula is C16H19N5. The Hall–Kier alpha value is -2.69. The first kappa shape index (κ1) is 14.7. The van der Waals surface area contributed by atoms with Gasteiger partial charge in [0, 0.05) is 12.7 Å². The number of guanidine groups is 1. The van der Waals surface area contributed by atoms with Crippen molar-refractivity contribution in [1.82, 2.24) is 9.88 Å². The number of fused-ring (bicyclic) bond motifs is 1. The summed E-state index contributed by atoms with van der Waals surface area (Å²) < 4.78 is 2.11. The summed E-state index contributed by atoms with van der Waals surface area (Å²) in [5.74, 6) is 0.414. The molecule has 1 aromatic heterocycles. The molecule has 0 unspecified atom stereocenters. The van der Waals surface area contributed by atoms with E-state index in [1.165, 1.54) is 0 Å². The van der Waals surface area contributed by atoms with Gasteiger partial charge in [0.25, 0.3) is 0 Å². The number of nitrogens with one attached hydrogen (secondary N) is 1. The molecule has 5 nitrogen and oxygen atoms in total. The van der Waals surface area contributed by atoms with Gasteiger partial charge in [0.1, 0.15) is 0 Å². The number of aromatic nitrogens is 1. The first-order valence-corrected chi connectivity index (χ1v) is 6.71. The van der Waals surface area contributed by atoms with E-state index in [0.29, 0.717) is 11.7 Å². The molecule has 1 N–H and O–H groups in total. The molecule has 0 amide bonds. The van der Waals surface area contributed by atoms with Crippen molar-refractivity contribution < 1.29 is 0 Å². The molecule has 0 aliphatic carbocycles. The first-order valence-electron chi connectivity index (χ1n) is 6.71. The van der Waals surface area contributed by atoms with Gasteiger partial charge in [-0.3, -0.25) is 0 Å². The molecule has 2 heterocycles. The minimum Gasteiger partial charge on any atom is -0.344 e. The van der Waals surface area contributed by atoms with E-state index in [9.17, 15) is 0 Å². The average molecular weight is 281 g/mol. The molecule has 0 bridgehead atoms. The van der Waals surface area contributed by atoms with Crippen LogP contribution in [0.5, 0.6) is 0 Å². The Morgan fingerprint density at radius 3 is 2.95 bits per heavy atom. The molecule has 0 saturated carbocycles. The van der Waals surface area contributed by atoms with Crippen LogP contribution in [0.25, 0.3) is 5.70 Å². The van der Waals surface area contributed by atoms with Crippen LogP contribution in [0.1, 0.15) is 18.2 Å². The van der Waals surface area contributed by atoms with Gasteiger partial charge in [-0.15, -0.1) is 10.2 Å². The molecule has 21 heavy (non-hydrogen) atoms. The lowest BCUT2D eigenvalue weighted by molar-refractivity contribution is 0.752. The van der Waals surface area contributed by atoms with Gasteiger partial charge in [-0.2, -0.15) is 0 Å². The lowest BCUT2D eigenvalue weighted by Crippen LogP contribution is -2.23. The van der Waals surface area contributed by atoms with Crippen molar-refractivity contribution in [2.24, 2.45) is 15.2 Å². The van der Waals surface area contributed by atoms with Crippen LogP contribution in [0, 0.1) is 6.92 Å². The van der Waals surface area contributed by atoms with Crippen LogP contribution >= 0.6 is 0 Å². The molecule has 0 saturated heterocycles. The zero-order valence-electron chi connectivity index (χ0n) is 12.4. The molecule has 0 aromatic carbocycles. The Bertz CT molecular complexity index is 686. The van der Waals surface area contributed by atoms with E-state index in [-0.39, 0.29) is 0 Å². The van der Waals surface area contributed by atoms with Gasteiger partial charge in [0.15, 0.2) is 0 Å². The zero-order valence-corrected chi connectivity index (χ0v) is 12.4. The molecule has 2 rings (SSSR count). The second-order valence-electron chi connectivity index (χ2n) is 4.62. The molecule has 1 aliphatic rings. The third kappa shape index (κ3) is 3.08. The van der Waals surface area contributed by atoms with E-state index in [0.717, 1.165) is 29.2 Å². The van der Waals surface area contributed by atoms with Gasteiger partial charge < -0.3 is 9.88 Å². The van der Waals surface area contributed by atoms with Crippen LogP contribution in [0.15, 0.2) is 65.1 Å². The molecule has 1 aromatic rings. The van der Waals surface area contributed by atoms with E-state index in [4.69, 9.17) is 0 Å². The van der Waals surface area contributed by atoms with Crippen molar-refractivity contribution in [1.29, 1.82) is 0 Å². The van der Waals surface area contributed by atoms with Gasteiger partial charge in [0.2, 0.25) is 5.96 Å². The number of aryl methyl sites for hydroxylation is 2. The molecular weight excluding hydrogens is 262 g/mol. The summed E-state index contributed by atoms with van der Waals surface area (Å²) in [5, 5.41) is 11.1. The summed E-state index contributed by atoms with van der Waals surface area (Å²) in [6.45, 7) is 16.4. The summed E-state index contributed by atoms with van der Waals surface area (Å²) in [6, 6.07) is 0. The first-order chi connectivity index (χ1) is 10.1. The second kappa shape index (κ2) is 6.17. The van der Waals surface area contributed by atoms with Crippen molar-refractivity contribution in [2.75, 3.05) is 0 Å². The quantitative estimate of drug-likeness (QED) is 0.656. The molecule has 0 spiro atoms. The lowest BCUT2D eigenvalue weighted by Gasteiger charge is -2.16. The van der Waals surface area contributed by atoms with Crippen LogP contribution in [0.2, 0.25) is 0 Å². The van der Waals surface area contributed by atoms with Crippen molar-refractivity contribution in [3.8, 4) is 0 Å². The van der Waals surface area contributed by atoms with Crippen molar-refractivity contribution in [3.05, 3.63) is 61.1 Å². The number of rotatable bonds is 4. The third-order valence-electron chi connectivity index (χ3n) is 3.04. The topological polar surface area (TPSA) is 54.0 Å². The van der Waals surface area contributed by atoms with Crippen LogP contribution in [-0.2, 0) is 6.54 Å². The highest BCUT2D eigenvalue weighted by molar-refractivity contribution is 5.96. The highest BCUT2D eigenvalue weighted by Crippen LogP contribution is 2.33. The fourth-order valence-corrected chi connectivity index (χ4v) is 2.09. The second-order valence-corrected chi connectivity index (χ2v) is 4.62. The summed E-state index contributed by atoms with van der Waals surface area (Å²) in [7, 11) is 0. The fraction of sp³-hybridized carbons (Fsp3) is 0.188. The Balaban J connectivity index is 2.30. The maximum Gasteiger partial charge on any atom is 0.247 e. The van der Waals surface area contributed by atoms with Crippen LogP contribution in [-0.4, -0.2) is 10.5 Å². The van der Waals surface area contributed by atoms with Gasteiger partial charge >= 0.3 is 0 Å². The van der Waals surface area contributed by atoms with Crippen molar-refractivity contribution >= 4 is 17.3 Å². The van der Waals surface area contributed by atoms with Gasteiger partial charge in [-0.05, 0) is 25.5 Å². The molecule has 0 fully saturated rings. The van der Waals surface area contributed by atoms with Crippen molar-refractivity contribution in [3.63, 3.8) is 0 Å². The summed E-state index contributed by atoms with van der Waals surface area (Å²) in [6.07, 6.45) is 7.19. The average Bonchev–Trinajstić information content (AvgIpc) is 2.80. The summed E-state index contributed by atoms with van der Waals surface area (Å²) >= 11 is 0. The smallest absolute Gasteiger partial charge is 0.247 e. The molecule has 1 aliphatic heterocycles. The highest BCUT2D eigenvalue weighted by atomic mass is 15.3. The number of aliphatic imine (C=N–C) groups is 1. The van der Waals surface area contributed by atoms with Crippen molar-refractivity contribution in [2.45, 2.75) is 20.4 Å². The van der Waals surface area contributed by atoms with E-state index >= 15 is 0 Å². The van der Waals surface area contributed by atoms with Crippen LogP contribution in [0.3, 0.4) is 0 Å². The van der Waals surface area contributed by atoms with Gasteiger partial charge in [-0.1, -0.05) is 31.9 Å². The minimum atomic E-state index is 0.414. The number of hydrogen-bond acceptors (Lipinski definition) is 4. The number of hydrogen-bond donors (Lipinski definition) is 1. The van der Waals surface area contributed by atoms with E-state index < -0.39 is 0 Å². The molecule has 5 heteroatoms. The zero-order chi connectivity index (χ0) is 15.4. The fourth-order valence-electron chi connectivity index (χ4n) is 2.09.